The predicted octanol–water partition coefficient (Wildman–Crippen LogP) is 2.73. The minimum atomic E-state index is -0.218. The van der Waals surface area contributed by atoms with Crippen LogP contribution >= 0.6 is 11.3 Å². The number of ether oxygens (including phenoxy) is 3. The number of hydrogen-bond donors (Lipinski definition) is 1. The highest BCUT2D eigenvalue weighted by molar-refractivity contribution is 7.12. The molecule has 6 nitrogen and oxygen atoms in total. The Morgan fingerprint density at radius 2 is 1.76 bits per heavy atom. The molecule has 0 atom stereocenters. The molecule has 0 aliphatic heterocycles. The third-order valence-electron chi connectivity index (χ3n) is 2.87. The minimum Gasteiger partial charge on any atom is -0.493 e. The van der Waals surface area contributed by atoms with Gasteiger partial charge in [-0.15, -0.1) is 11.3 Å². The number of anilines is 1. The van der Waals surface area contributed by atoms with Crippen LogP contribution < -0.4 is 19.5 Å². The third kappa shape index (κ3) is 3.08. The summed E-state index contributed by atoms with van der Waals surface area (Å²) in [4.78, 5) is 16.8. The zero-order chi connectivity index (χ0) is 15.4. The van der Waals surface area contributed by atoms with Gasteiger partial charge in [0.15, 0.2) is 11.5 Å². The first-order chi connectivity index (χ1) is 10.1. The highest BCUT2D eigenvalue weighted by Crippen LogP contribution is 2.40. The lowest BCUT2D eigenvalue weighted by Crippen LogP contribution is -2.12. The van der Waals surface area contributed by atoms with Crippen LogP contribution in [0, 0.1) is 6.92 Å². The van der Waals surface area contributed by atoms with Gasteiger partial charge in [-0.25, -0.2) is 4.98 Å². The molecule has 112 valence electrons. The molecule has 0 radical (unpaired) electrons. The Kier molecular flexibility index (Phi) is 4.64. The molecule has 0 aliphatic rings. The van der Waals surface area contributed by atoms with Crippen LogP contribution in [0.4, 0.5) is 5.69 Å². The highest BCUT2D eigenvalue weighted by atomic mass is 32.1. The predicted molar refractivity (Wildman–Crippen MR) is 80.9 cm³/mol. The van der Waals surface area contributed by atoms with E-state index in [0.29, 0.717) is 33.5 Å². The van der Waals surface area contributed by atoms with E-state index in [1.807, 2.05) is 0 Å². The number of hydrogen-bond acceptors (Lipinski definition) is 6. The second kappa shape index (κ2) is 6.45. The van der Waals surface area contributed by atoms with E-state index < -0.39 is 0 Å². The molecule has 1 aromatic carbocycles. The zero-order valence-electron chi connectivity index (χ0n) is 12.2. The molecule has 1 aromatic heterocycles. The molecule has 0 fully saturated rings. The largest absolute Gasteiger partial charge is 0.493 e. The second-order valence-corrected chi connectivity index (χ2v) is 4.99. The fourth-order valence-electron chi connectivity index (χ4n) is 1.86. The van der Waals surface area contributed by atoms with Crippen molar-refractivity contribution in [1.29, 1.82) is 0 Å². The Labute approximate surface area is 126 Å². The van der Waals surface area contributed by atoms with Crippen LogP contribution in [-0.2, 0) is 0 Å². The van der Waals surface area contributed by atoms with Crippen molar-refractivity contribution >= 4 is 22.9 Å². The van der Waals surface area contributed by atoms with Crippen LogP contribution in [0.5, 0.6) is 17.2 Å². The lowest BCUT2D eigenvalue weighted by atomic mass is 10.2. The van der Waals surface area contributed by atoms with Gasteiger partial charge < -0.3 is 19.5 Å². The lowest BCUT2D eigenvalue weighted by Gasteiger charge is -2.14. The van der Waals surface area contributed by atoms with E-state index in [0.717, 1.165) is 0 Å². The van der Waals surface area contributed by atoms with E-state index in [1.54, 1.807) is 24.6 Å². The third-order valence-corrected chi connectivity index (χ3v) is 3.80. The number of nitrogens with zero attached hydrogens (tertiary/aromatic N) is 1. The molecule has 0 saturated heterocycles. The number of carbonyl (C=O) groups excluding carboxylic acids is 1. The summed E-state index contributed by atoms with van der Waals surface area (Å²) >= 11 is 1.29. The smallest absolute Gasteiger partial charge is 0.267 e. The van der Waals surface area contributed by atoms with Gasteiger partial charge in [0.25, 0.3) is 5.91 Å². The van der Waals surface area contributed by atoms with Gasteiger partial charge in [-0.1, -0.05) is 0 Å². The van der Waals surface area contributed by atoms with E-state index in [9.17, 15) is 4.79 Å². The molecule has 1 N–H and O–H groups in total. The van der Waals surface area contributed by atoms with Gasteiger partial charge in [0.2, 0.25) is 5.75 Å². The second-order valence-electron chi connectivity index (χ2n) is 4.14. The van der Waals surface area contributed by atoms with Crippen molar-refractivity contribution in [2.24, 2.45) is 0 Å². The van der Waals surface area contributed by atoms with Gasteiger partial charge in [-0.2, -0.15) is 0 Å². The number of nitrogens with one attached hydrogen (secondary N) is 1. The number of aromatic nitrogens is 1. The molecule has 1 heterocycles. The molecule has 0 unspecified atom stereocenters. The van der Waals surface area contributed by atoms with Crippen LogP contribution in [0.25, 0.3) is 0 Å². The van der Waals surface area contributed by atoms with E-state index in [4.69, 9.17) is 14.2 Å². The first-order valence-electron chi connectivity index (χ1n) is 6.12. The van der Waals surface area contributed by atoms with E-state index in [-0.39, 0.29) is 5.91 Å². The van der Waals surface area contributed by atoms with Gasteiger partial charge in [0.05, 0.1) is 32.5 Å². The average Bonchev–Trinajstić information content (AvgIpc) is 2.92. The number of carbonyl (C=O) groups is 1. The SMILES string of the molecule is COc1cc(NC(=O)c2scnc2C)cc(OC)c1OC. The van der Waals surface area contributed by atoms with Crippen molar-refractivity contribution in [3.63, 3.8) is 0 Å². The van der Waals surface area contributed by atoms with Crippen LogP contribution in [0.15, 0.2) is 17.6 Å². The Bertz CT molecular complexity index is 629. The molecule has 0 bridgehead atoms. The molecular formula is C14H16N2O4S. The van der Waals surface area contributed by atoms with Crippen molar-refractivity contribution < 1.29 is 19.0 Å². The summed E-state index contributed by atoms with van der Waals surface area (Å²) in [6, 6.07) is 3.35. The van der Waals surface area contributed by atoms with Crippen LogP contribution in [-0.4, -0.2) is 32.2 Å². The van der Waals surface area contributed by atoms with Gasteiger partial charge in [-0.3, -0.25) is 4.79 Å². The molecule has 2 aromatic rings. The zero-order valence-corrected chi connectivity index (χ0v) is 13.0. The molecule has 2 rings (SSSR count). The van der Waals surface area contributed by atoms with Gasteiger partial charge >= 0.3 is 0 Å². The number of thiazole rings is 1. The van der Waals surface area contributed by atoms with Crippen LogP contribution in [0.2, 0.25) is 0 Å². The van der Waals surface area contributed by atoms with Crippen LogP contribution in [0.1, 0.15) is 15.4 Å². The van der Waals surface area contributed by atoms with Crippen molar-refractivity contribution in [2.45, 2.75) is 6.92 Å². The quantitative estimate of drug-likeness (QED) is 0.919. The summed E-state index contributed by atoms with van der Waals surface area (Å²) in [6.07, 6.45) is 0. The van der Waals surface area contributed by atoms with E-state index in [2.05, 4.69) is 10.3 Å². The van der Waals surface area contributed by atoms with E-state index in [1.165, 1.54) is 32.7 Å². The van der Waals surface area contributed by atoms with Gasteiger partial charge in [0.1, 0.15) is 4.88 Å². The van der Waals surface area contributed by atoms with Crippen LogP contribution in [0.3, 0.4) is 0 Å². The Morgan fingerprint density at radius 1 is 1.14 bits per heavy atom. The molecule has 1 amide bonds. The summed E-state index contributed by atoms with van der Waals surface area (Å²) in [7, 11) is 4.58. The Morgan fingerprint density at radius 3 is 2.19 bits per heavy atom. The Hall–Kier alpha value is -2.28. The maximum atomic E-state index is 12.2. The maximum absolute atomic E-state index is 12.2. The van der Waals surface area contributed by atoms with E-state index >= 15 is 0 Å². The standard InChI is InChI=1S/C14H16N2O4S/c1-8-13(21-7-15-8)14(17)16-9-5-10(18-2)12(20-4)11(6-9)19-3/h5-7H,1-4H3,(H,16,17). The lowest BCUT2D eigenvalue weighted by molar-refractivity contribution is 0.103. The van der Waals surface area contributed by atoms with Crippen molar-refractivity contribution in [3.8, 4) is 17.2 Å². The Balaban J connectivity index is 2.32. The fraction of sp³-hybridized carbons (Fsp3) is 0.286. The average molecular weight is 308 g/mol. The van der Waals surface area contributed by atoms with Gasteiger partial charge in [0, 0.05) is 17.8 Å². The molecule has 7 heteroatoms. The first-order valence-corrected chi connectivity index (χ1v) is 7.00. The number of aryl methyl sites for hydroxylation is 1. The number of benzene rings is 1. The molecule has 0 saturated carbocycles. The van der Waals surface area contributed by atoms with Gasteiger partial charge in [-0.05, 0) is 6.92 Å². The highest BCUT2D eigenvalue weighted by Gasteiger charge is 2.16. The molecule has 21 heavy (non-hydrogen) atoms. The van der Waals surface area contributed by atoms with Crippen molar-refractivity contribution in [3.05, 3.63) is 28.2 Å². The molecule has 0 spiro atoms. The normalized spacial score (nSPS) is 10.1. The molecular weight excluding hydrogens is 292 g/mol. The van der Waals surface area contributed by atoms with Crippen molar-refractivity contribution in [2.75, 3.05) is 26.6 Å². The summed E-state index contributed by atoms with van der Waals surface area (Å²) in [5.41, 5.74) is 2.90. The summed E-state index contributed by atoms with van der Waals surface area (Å²) in [5, 5.41) is 2.80. The summed E-state index contributed by atoms with van der Waals surface area (Å²) in [6.45, 7) is 1.79. The maximum Gasteiger partial charge on any atom is 0.267 e. The summed E-state index contributed by atoms with van der Waals surface area (Å²) in [5.74, 6) is 1.22. The summed E-state index contributed by atoms with van der Waals surface area (Å²) < 4.78 is 15.7. The first kappa shape index (κ1) is 15.1. The topological polar surface area (TPSA) is 69.7 Å². The molecule has 0 aliphatic carbocycles. The number of amides is 1. The monoisotopic (exact) mass is 308 g/mol. The number of rotatable bonds is 5. The minimum absolute atomic E-state index is 0.218. The number of methoxy groups -OCH3 is 3. The van der Waals surface area contributed by atoms with Crippen molar-refractivity contribution in [1.82, 2.24) is 4.98 Å². The fourth-order valence-corrected chi connectivity index (χ4v) is 2.56.